The lowest BCUT2D eigenvalue weighted by atomic mass is 9.66. The van der Waals surface area contributed by atoms with Gasteiger partial charge in [-0.05, 0) is 75.0 Å². The highest BCUT2D eigenvalue weighted by Gasteiger charge is 2.41. The molecule has 0 bridgehead atoms. The van der Waals surface area contributed by atoms with Gasteiger partial charge >= 0.3 is 12.1 Å². The summed E-state index contributed by atoms with van der Waals surface area (Å²) in [5.74, 6) is -2.50. The van der Waals surface area contributed by atoms with Gasteiger partial charge in [0.25, 0.3) is 0 Å². The molecule has 7 rings (SSSR count). The fourth-order valence-electron chi connectivity index (χ4n) is 9.35. The lowest BCUT2D eigenvalue weighted by Crippen LogP contribution is -2.46. The third-order valence-electron chi connectivity index (χ3n) is 12.6. The van der Waals surface area contributed by atoms with E-state index in [4.69, 9.17) is 9.47 Å². The second-order valence-electron chi connectivity index (χ2n) is 17.2. The van der Waals surface area contributed by atoms with E-state index in [0.29, 0.717) is 16.8 Å². The van der Waals surface area contributed by atoms with Gasteiger partial charge in [-0.3, -0.25) is 18.7 Å². The van der Waals surface area contributed by atoms with Gasteiger partial charge in [-0.1, -0.05) is 179 Å². The molecule has 0 saturated heterocycles. The Morgan fingerprint density at radius 1 is 0.779 bits per heavy atom. The van der Waals surface area contributed by atoms with Crippen LogP contribution < -0.4 is 10.6 Å². The molecule has 0 heterocycles. The van der Waals surface area contributed by atoms with Crippen molar-refractivity contribution >= 4 is 42.4 Å². The van der Waals surface area contributed by atoms with Crippen molar-refractivity contribution in [2.45, 2.75) is 69.1 Å². The first kappa shape index (κ1) is 48.9. The molecule has 1 aliphatic rings. The molecule has 12 heteroatoms. The lowest BCUT2D eigenvalue weighted by molar-refractivity contribution is -0.146. The summed E-state index contributed by atoms with van der Waals surface area (Å²) in [5, 5.41) is 17.2. The number of amides is 3. The molecule has 0 aliphatic heterocycles. The van der Waals surface area contributed by atoms with E-state index < -0.39 is 53.3 Å². The lowest BCUT2D eigenvalue weighted by Gasteiger charge is -2.39. The normalized spacial score (nSPS) is 13.3. The van der Waals surface area contributed by atoms with E-state index in [9.17, 15) is 28.7 Å². The number of nitrogens with one attached hydrogen (secondary N) is 2. The van der Waals surface area contributed by atoms with E-state index in [0.717, 1.165) is 33.4 Å². The number of para-hydroxylation sites is 1. The van der Waals surface area contributed by atoms with Crippen LogP contribution in [-0.4, -0.2) is 64.7 Å². The third kappa shape index (κ3) is 11.2. The number of carbonyl (C=O) groups is 4. The highest BCUT2D eigenvalue weighted by molar-refractivity contribution is 7.78. The fourth-order valence-corrected chi connectivity index (χ4v) is 9.87. The predicted octanol–water partition coefficient (Wildman–Crippen LogP) is 10.2. The molecular formula is C56H56FN3O7S. The van der Waals surface area contributed by atoms with Crippen LogP contribution in [0, 0.1) is 11.7 Å². The van der Waals surface area contributed by atoms with Gasteiger partial charge in [0.15, 0.2) is 0 Å². The maximum Gasteiger partial charge on any atom is 0.407 e. The predicted molar refractivity (Wildman–Crippen MR) is 265 cm³/mol. The first-order chi connectivity index (χ1) is 32.9. The van der Waals surface area contributed by atoms with E-state index >= 15 is 0 Å². The highest BCUT2D eigenvalue weighted by atomic mass is 32.1. The summed E-state index contributed by atoms with van der Waals surface area (Å²) in [7, 11) is 0. The minimum absolute atomic E-state index is 0.00556. The van der Waals surface area contributed by atoms with E-state index in [1.54, 1.807) is 24.3 Å². The number of aliphatic hydroxyl groups is 1. The van der Waals surface area contributed by atoms with Gasteiger partial charge in [0.05, 0.1) is 18.6 Å². The molecule has 68 heavy (non-hydrogen) atoms. The third-order valence-corrected chi connectivity index (χ3v) is 13.0. The van der Waals surface area contributed by atoms with Gasteiger partial charge in [-0.2, -0.15) is 0 Å². The highest BCUT2D eigenvalue weighted by Crippen LogP contribution is 2.47. The van der Waals surface area contributed by atoms with E-state index in [2.05, 4.69) is 42.2 Å². The number of carbonyl (C=O) groups excluding carboxylic acids is 4. The molecule has 6 aromatic rings. The average molecular weight is 934 g/mol. The van der Waals surface area contributed by atoms with Crippen molar-refractivity contribution in [3.63, 3.8) is 0 Å². The molecule has 0 radical (unpaired) electrons. The van der Waals surface area contributed by atoms with Crippen LogP contribution in [0.15, 0.2) is 170 Å². The van der Waals surface area contributed by atoms with Crippen LogP contribution in [0.5, 0.6) is 0 Å². The number of hydrogen-bond acceptors (Lipinski definition) is 8. The SMILES string of the molecule is C=CCOC(=O)C[C@H](O)[C@@H](C(C)C)N(S)C(=O)CCC(c1ccccc1)(c1ccccc1)c1ccccc1NC(=O)C(Cc1ccc(F)cc1)NC(=O)OCC1c2ccccc2-c2ccccc21. The Bertz CT molecular complexity index is 2610. The van der Waals surface area contributed by atoms with E-state index in [1.165, 1.54) is 22.5 Å². The molecule has 10 nitrogen and oxygen atoms in total. The zero-order valence-corrected chi connectivity index (χ0v) is 39.0. The number of benzene rings is 6. The summed E-state index contributed by atoms with van der Waals surface area (Å²) < 4.78 is 26.3. The fraction of sp³-hybridized carbons (Fsp3) is 0.250. The molecular weight excluding hydrogens is 878 g/mol. The Morgan fingerprint density at radius 3 is 1.93 bits per heavy atom. The number of ether oxygens (including phenoxy) is 2. The van der Waals surface area contributed by atoms with Crippen molar-refractivity contribution in [2.75, 3.05) is 18.5 Å². The quantitative estimate of drug-likeness (QED) is 0.0259. The van der Waals surface area contributed by atoms with Crippen molar-refractivity contribution in [3.05, 3.63) is 210 Å². The Hall–Kier alpha value is -7.02. The second kappa shape index (κ2) is 22.6. The van der Waals surface area contributed by atoms with Gasteiger partial charge in [-0.25, -0.2) is 9.18 Å². The second-order valence-corrected chi connectivity index (χ2v) is 17.7. The Morgan fingerprint density at radius 2 is 1.34 bits per heavy atom. The number of fused-ring (bicyclic) bond motifs is 3. The standard InChI is InChI=1S/C56H56FN3O7S/c1-4-33-66-52(63)35-50(61)53(37(2)3)60(68)51(62)31-32-56(39-17-7-5-8-18-39,40-19-9-6-10-20-40)47-25-15-16-26-48(47)58-54(64)49(34-38-27-29-41(57)30-28-38)59-55(65)67-36-46-44-23-13-11-21-42(44)43-22-12-14-24-45(43)46/h4-30,37,46,49-50,53,61,68H,1,31-36H2,2-3H3,(H,58,64)(H,59,65)/t49?,50-,53+/m0/s1. The van der Waals surface area contributed by atoms with Gasteiger partial charge in [-0.15, -0.1) is 0 Å². The Kier molecular flexibility index (Phi) is 16.3. The Balaban J connectivity index is 1.19. The van der Waals surface area contributed by atoms with E-state index in [1.807, 2.05) is 123 Å². The molecule has 3 N–H and O–H groups in total. The van der Waals surface area contributed by atoms with Crippen molar-refractivity contribution in [1.29, 1.82) is 0 Å². The van der Waals surface area contributed by atoms with Crippen molar-refractivity contribution < 1.29 is 38.1 Å². The van der Waals surface area contributed by atoms with Crippen molar-refractivity contribution in [2.24, 2.45) is 5.92 Å². The maximum absolute atomic E-state index is 14.8. The zero-order chi connectivity index (χ0) is 48.2. The average Bonchev–Trinajstić information content (AvgIpc) is 3.67. The summed E-state index contributed by atoms with van der Waals surface area (Å²) >= 11 is 4.64. The smallest absolute Gasteiger partial charge is 0.407 e. The van der Waals surface area contributed by atoms with Crippen LogP contribution in [0.1, 0.15) is 72.4 Å². The first-order valence-corrected chi connectivity index (χ1v) is 23.1. The molecule has 6 aromatic carbocycles. The topological polar surface area (TPSA) is 134 Å². The van der Waals surface area contributed by atoms with E-state index in [-0.39, 0.29) is 50.7 Å². The van der Waals surface area contributed by atoms with Crippen molar-refractivity contribution in [3.8, 4) is 11.1 Å². The maximum atomic E-state index is 14.8. The summed E-state index contributed by atoms with van der Waals surface area (Å²) in [6, 6.07) is 46.4. The molecule has 1 unspecified atom stereocenters. The number of nitrogens with zero attached hydrogens (tertiary/aromatic N) is 1. The Labute approximate surface area is 402 Å². The molecule has 0 aromatic heterocycles. The van der Waals surface area contributed by atoms with Crippen LogP contribution >= 0.6 is 12.8 Å². The molecule has 0 spiro atoms. The molecule has 0 fully saturated rings. The first-order valence-electron chi connectivity index (χ1n) is 22.7. The number of rotatable bonds is 20. The largest absolute Gasteiger partial charge is 0.461 e. The van der Waals surface area contributed by atoms with Gasteiger partial charge in [0, 0.05) is 29.9 Å². The van der Waals surface area contributed by atoms with Gasteiger partial charge in [0.2, 0.25) is 11.8 Å². The number of anilines is 1. The van der Waals surface area contributed by atoms with Crippen molar-refractivity contribution in [1.82, 2.24) is 9.62 Å². The number of esters is 1. The van der Waals surface area contributed by atoms with Gasteiger partial charge in [0.1, 0.15) is 25.1 Å². The van der Waals surface area contributed by atoms with Crippen LogP contribution in [0.2, 0.25) is 0 Å². The molecule has 350 valence electrons. The molecule has 1 aliphatic carbocycles. The number of alkyl carbamates (subject to hydrolysis) is 1. The van der Waals surface area contributed by atoms with Gasteiger partial charge < -0.3 is 25.2 Å². The molecule has 3 amide bonds. The van der Waals surface area contributed by atoms with Crippen LogP contribution in [0.3, 0.4) is 0 Å². The minimum Gasteiger partial charge on any atom is -0.461 e. The number of halogens is 1. The van der Waals surface area contributed by atoms with Crippen LogP contribution in [0.25, 0.3) is 11.1 Å². The number of hydrogen-bond donors (Lipinski definition) is 4. The summed E-state index contributed by atoms with van der Waals surface area (Å²) in [4.78, 5) is 55.4. The summed E-state index contributed by atoms with van der Waals surface area (Å²) in [6.45, 7) is 7.26. The van der Waals surface area contributed by atoms with Crippen LogP contribution in [-0.2, 0) is 35.7 Å². The summed E-state index contributed by atoms with van der Waals surface area (Å²) in [6.07, 6.45) is -0.829. The zero-order valence-electron chi connectivity index (χ0n) is 38.1. The number of aliphatic hydroxyl groups excluding tert-OH is 1. The minimum atomic E-state index is -1.26. The summed E-state index contributed by atoms with van der Waals surface area (Å²) in [5.41, 5.74) is 6.53. The number of thiol groups is 1. The molecule has 3 atom stereocenters. The van der Waals surface area contributed by atoms with Crippen LogP contribution in [0.4, 0.5) is 14.9 Å². The molecule has 0 saturated carbocycles. The monoisotopic (exact) mass is 933 g/mol.